The average molecular weight is 282 g/mol. The Morgan fingerprint density at radius 1 is 1.15 bits per heavy atom. The first kappa shape index (κ1) is 16.3. The lowest BCUT2D eigenvalue weighted by Crippen LogP contribution is -2.48. The third kappa shape index (κ3) is 4.44. The first-order chi connectivity index (χ1) is 9.65. The summed E-state index contributed by atoms with van der Waals surface area (Å²) in [4.78, 5) is 2.61. The van der Waals surface area contributed by atoms with Gasteiger partial charge < -0.3 is 10.4 Å². The van der Waals surface area contributed by atoms with Crippen molar-refractivity contribution in [1.82, 2.24) is 10.2 Å². The first-order valence-corrected chi connectivity index (χ1v) is 8.73. The molecule has 3 heteroatoms. The van der Waals surface area contributed by atoms with Crippen LogP contribution >= 0.6 is 0 Å². The molecular weight excluding hydrogens is 248 g/mol. The third-order valence-electron chi connectivity index (χ3n) is 5.30. The normalized spacial score (nSPS) is 27.9. The van der Waals surface area contributed by atoms with Crippen molar-refractivity contribution < 1.29 is 5.11 Å². The quantitative estimate of drug-likeness (QED) is 0.786. The van der Waals surface area contributed by atoms with Crippen molar-refractivity contribution in [2.75, 3.05) is 26.2 Å². The molecule has 1 atom stereocenters. The smallest absolute Gasteiger partial charge is 0.0586 e. The number of hydrogen-bond donors (Lipinski definition) is 2. The van der Waals surface area contributed by atoms with Gasteiger partial charge in [0.15, 0.2) is 0 Å². The first-order valence-electron chi connectivity index (χ1n) is 8.73. The Bertz CT molecular complexity index is 274. The maximum Gasteiger partial charge on any atom is 0.0586 e. The van der Waals surface area contributed by atoms with Crippen LogP contribution in [0.25, 0.3) is 0 Å². The van der Waals surface area contributed by atoms with E-state index in [0.717, 1.165) is 6.54 Å². The van der Waals surface area contributed by atoms with Crippen LogP contribution in [-0.2, 0) is 0 Å². The maximum atomic E-state index is 9.71. The predicted molar refractivity (Wildman–Crippen MR) is 85.0 cm³/mol. The molecule has 1 unspecified atom stereocenters. The van der Waals surface area contributed by atoms with Gasteiger partial charge >= 0.3 is 0 Å². The number of hydrogen-bond acceptors (Lipinski definition) is 3. The summed E-state index contributed by atoms with van der Waals surface area (Å²) in [5.74, 6) is 0. The molecule has 0 amide bonds. The second kappa shape index (κ2) is 7.77. The zero-order chi connectivity index (χ0) is 14.4. The van der Waals surface area contributed by atoms with E-state index in [9.17, 15) is 5.11 Å². The average Bonchev–Trinajstić information content (AvgIpc) is 2.77. The van der Waals surface area contributed by atoms with Crippen LogP contribution in [-0.4, -0.2) is 48.3 Å². The van der Waals surface area contributed by atoms with Gasteiger partial charge in [-0.25, -0.2) is 0 Å². The van der Waals surface area contributed by atoms with Gasteiger partial charge in [0.05, 0.1) is 6.61 Å². The number of aliphatic hydroxyl groups excluding tert-OH is 1. The summed E-state index contributed by atoms with van der Waals surface area (Å²) in [6.07, 6.45) is 10.6. The summed E-state index contributed by atoms with van der Waals surface area (Å²) in [5.41, 5.74) is 0.460. The summed E-state index contributed by atoms with van der Waals surface area (Å²) < 4.78 is 0. The molecule has 20 heavy (non-hydrogen) atoms. The topological polar surface area (TPSA) is 35.5 Å². The summed E-state index contributed by atoms with van der Waals surface area (Å²) in [7, 11) is 0. The highest BCUT2D eigenvalue weighted by Crippen LogP contribution is 2.39. The van der Waals surface area contributed by atoms with Crippen LogP contribution in [0.4, 0.5) is 0 Å². The molecule has 0 aromatic heterocycles. The summed E-state index contributed by atoms with van der Waals surface area (Å²) in [6, 6.07) is 0.985. The minimum Gasteiger partial charge on any atom is -0.395 e. The number of nitrogens with zero attached hydrogens (tertiary/aromatic N) is 1. The third-order valence-corrected chi connectivity index (χ3v) is 5.30. The van der Waals surface area contributed by atoms with Gasteiger partial charge in [0, 0.05) is 25.2 Å². The van der Waals surface area contributed by atoms with Crippen LogP contribution < -0.4 is 5.32 Å². The number of likely N-dealkylation sites (tertiary alicyclic amines) is 1. The fourth-order valence-electron chi connectivity index (χ4n) is 4.02. The van der Waals surface area contributed by atoms with Gasteiger partial charge in [-0.1, -0.05) is 39.5 Å². The van der Waals surface area contributed by atoms with Crippen molar-refractivity contribution >= 4 is 0 Å². The molecule has 0 aromatic rings. The second-order valence-corrected chi connectivity index (χ2v) is 7.40. The lowest BCUT2D eigenvalue weighted by Gasteiger charge is -2.39. The molecule has 2 rings (SSSR count). The molecule has 2 fully saturated rings. The van der Waals surface area contributed by atoms with Crippen LogP contribution in [0.3, 0.4) is 0 Å². The van der Waals surface area contributed by atoms with Gasteiger partial charge in [-0.05, 0) is 37.6 Å². The molecule has 2 aliphatic rings. The number of aliphatic hydroxyl groups is 1. The van der Waals surface area contributed by atoms with Crippen molar-refractivity contribution in [3.05, 3.63) is 0 Å². The molecule has 118 valence electrons. The Morgan fingerprint density at radius 2 is 1.90 bits per heavy atom. The molecular formula is C17H34N2O. The van der Waals surface area contributed by atoms with Gasteiger partial charge in [-0.15, -0.1) is 0 Å². The van der Waals surface area contributed by atoms with Gasteiger partial charge in [0.1, 0.15) is 0 Å². The molecule has 1 aliphatic heterocycles. The van der Waals surface area contributed by atoms with Crippen molar-refractivity contribution in [3.8, 4) is 0 Å². The van der Waals surface area contributed by atoms with E-state index in [0.29, 0.717) is 24.1 Å². The van der Waals surface area contributed by atoms with Crippen molar-refractivity contribution in [3.63, 3.8) is 0 Å². The molecule has 1 saturated heterocycles. The molecule has 1 aliphatic carbocycles. The van der Waals surface area contributed by atoms with E-state index in [1.54, 1.807) is 0 Å². The van der Waals surface area contributed by atoms with E-state index < -0.39 is 0 Å². The fraction of sp³-hybridized carbons (Fsp3) is 1.00. The Morgan fingerprint density at radius 3 is 2.55 bits per heavy atom. The molecule has 1 saturated carbocycles. The largest absolute Gasteiger partial charge is 0.395 e. The standard InChI is InChI=1S/C17H34N2O/c1-15(2)18-13-17(9-5-6-10-17)14-19-11-7-3-4-8-16(19)12-20/h15-16,18,20H,3-14H2,1-2H3. The molecule has 1 heterocycles. The zero-order valence-corrected chi connectivity index (χ0v) is 13.5. The van der Waals surface area contributed by atoms with E-state index >= 15 is 0 Å². The van der Waals surface area contributed by atoms with E-state index in [1.165, 1.54) is 64.5 Å². The highest BCUT2D eigenvalue weighted by atomic mass is 16.3. The maximum absolute atomic E-state index is 9.71. The monoisotopic (exact) mass is 282 g/mol. The molecule has 0 radical (unpaired) electrons. The zero-order valence-electron chi connectivity index (χ0n) is 13.5. The van der Waals surface area contributed by atoms with E-state index in [1.807, 2.05) is 0 Å². The Kier molecular flexibility index (Phi) is 6.31. The van der Waals surface area contributed by atoms with Crippen LogP contribution in [0.2, 0.25) is 0 Å². The Labute approximate surface area is 125 Å². The van der Waals surface area contributed by atoms with Crippen LogP contribution in [0.1, 0.15) is 65.2 Å². The van der Waals surface area contributed by atoms with Crippen LogP contribution in [0.5, 0.6) is 0 Å². The van der Waals surface area contributed by atoms with Gasteiger partial charge in [0.25, 0.3) is 0 Å². The summed E-state index contributed by atoms with van der Waals surface area (Å²) in [5, 5.41) is 13.4. The Hall–Kier alpha value is -0.120. The second-order valence-electron chi connectivity index (χ2n) is 7.40. The Balaban J connectivity index is 1.98. The number of nitrogens with one attached hydrogen (secondary N) is 1. The van der Waals surface area contributed by atoms with Crippen LogP contribution in [0.15, 0.2) is 0 Å². The molecule has 0 aromatic carbocycles. The van der Waals surface area contributed by atoms with Gasteiger partial charge in [0.2, 0.25) is 0 Å². The highest BCUT2D eigenvalue weighted by molar-refractivity contribution is 4.91. The molecule has 0 bridgehead atoms. The van der Waals surface area contributed by atoms with Gasteiger partial charge in [-0.2, -0.15) is 0 Å². The SMILES string of the molecule is CC(C)NCC1(CN2CCCCCC2CO)CCCC1. The van der Waals surface area contributed by atoms with Gasteiger partial charge in [-0.3, -0.25) is 4.90 Å². The van der Waals surface area contributed by atoms with Crippen molar-refractivity contribution in [2.24, 2.45) is 5.41 Å². The van der Waals surface area contributed by atoms with Crippen molar-refractivity contribution in [1.29, 1.82) is 0 Å². The minimum absolute atomic E-state index is 0.341. The molecule has 3 nitrogen and oxygen atoms in total. The van der Waals surface area contributed by atoms with E-state index in [-0.39, 0.29) is 0 Å². The van der Waals surface area contributed by atoms with Crippen molar-refractivity contribution in [2.45, 2.75) is 77.3 Å². The highest BCUT2D eigenvalue weighted by Gasteiger charge is 2.37. The van der Waals surface area contributed by atoms with E-state index in [4.69, 9.17) is 0 Å². The lowest BCUT2D eigenvalue weighted by atomic mass is 9.84. The summed E-state index contributed by atoms with van der Waals surface area (Å²) in [6.45, 7) is 8.36. The number of rotatable bonds is 6. The van der Waals surface area contributed by atoms with Crippen LogP contribution in [0, 0.1) is 5.41 Å². The lowest BCUT2D eigenvalue weighted by molar-refractivity contribution is 0.0739. The minimum atomic E-state index is 0.341. The summed E-state index contributed by atoms with van der Waals surface area (Å²) >= 11 is 0. The molecule has 0 spiro atoms. The van der Waals surface area contributed by atoms with E-state index in [2.05, 4.69) is 24.1 Å². The molecule has 2 N–H and O–H groups in total. The predicted octanol–water partition coefficient (Wildman–Crippen LogP) is 2.78. The fourth-order valence-corrected chi connectivity index (χ4v) is 4.02.